The summed E-state index contributed by atoms with van der Waals surface area (Å²) in [6, 6.07) is 3.86. The highest BCUT2D eigenvalue weighted by molar-refractivity contribution is 7.17. The van der Waals surface area contributed by atoms with Gasteiger partial charge in [-0.2, -0.15) is 0 Å². The first-order chi connectivity index (χ1) is 7.59. The van der Waals surface area contributed by atoms with E-state index in [2.05, 4.69) is 5.32 Å². The van der Waals surface area contributed by atoms with Gasteiger partial charge in [0.25, 0.3) is 5.91 Å². The van der Waals surface area contributed by atoms with E-state index in [1.165, 1.54) is 0 Å². The van der Waals surface area contributed by atoms with Crippen LogP contribution in [0.15, 0.2) is 17.5 Å². The van der Waals surface area contributed by atoms with E-state index in [-0.39, 0.29) is 12.5 Å². The Morgan fingerprint density at radius 3 is 3.06 bits per heavy atom. The number of hydrogen-bond acceptors (Lipinski definition) is 3. The van der Waals surface area contributed by atoms with Crippen molar-refractivity contribution in [3.63, 3.8) is 0 Å². The molecule has 1 unspecified atom stereocenters. The van der Waals surface area contributed by atoms with Gasteiger partial charge in [0.15, 0.2) is 0 Å². The summed E-state index contributed by atoms with van der Waals surface area (Å²) in [4.78, 5) is 11.8. The third-order valence-corrected chi connectivity index (χ3v) is 3.31. The second-order valence-corrected chi connectivity index (χ2v) is 4.77. The lowest BCUT2D eigenvalue weighted by Crippen LogP contribution is -2.31. The fourth-order valence-electron chi connectivity index (χ4n) is 1.60. The zero-order chi connectivity index (χ0) is 11.7. The monoisotopic (exact) mass is 238 g/mol. The lowest BCUT2D eigenvalue weighted by Gasteiger charge is -2.07. The molecule has 0 aliphatic carbocycles. The summed E-state index contributed by atoms with van der Waals surface area (Å²) in [5.41, 5.74) is 1.69. The highest BCUT2D eigenvalue weighted by Gasteiger charge is 2.13. The molecule has 0 aliphatic heterocycles. The number of nitrogens with one attached hydrogen (secondary N) is 1. The third-order valence-electron chi connectivity index (χ3n) is 2.45. The van der Waals surface area contributed by atoms with Crippen LogP contribution < -0.4 is 5.32 Å². The summed E-state index contributed by atoms with van der Waals surface area (Å²) in [6.45, 7) is 1.92. The maximum atomic E-state index is 11.8. The predicted octanol–water partition coefficient (Wildman–Crippen LogP) is 1.35. The molecular weight excluding hydrogens is 224 g/mol. The van der Waals surface area contributed by atoms with Crippen LogP contribution in [0, 0.1) is 0 Å². The van der Waals surface area contributed by atoms with Crippen molar-refractivity contribution in [1.29, 1.82) is 0 Å². The summed E-state index contributed by atoms with van der Waals surface area (Å²) in [6.07, 6.45) is -0.523. The number of thiophene rings is 1. The maximum absolute atomic E-state index is 11.8. The van der Waals surface area contributed by atoms with Crippen molar-refractivity contribution in [1.82, 2.24) is 9.88 Å². The number of aliphatic hydroxyl groups excluding tert-OH is 1. The van der Waals surface area contributed by atoms with Crippen LogP contribution in [0.5, 0.6) is 0 Å². The number of carbonyl (C=O) groups excluding carboxylic acids is 1. The van der Waals surface area contributed by atoms with Crippen LogP contribution in [0.2, 0.25) is 0 Å². The Kier molecular flexibility index (Phi) is 2.98. The van der Waals surface area contributed by atoms with Gasteiger partial charge in [0.1, 0.15) is 5.69 Å². The Morgan fingerprint density at radius 1 is 1.69 bits per heavy atom. The maximum Gasteiger partial charge on any atom is 0.268 e. The lowest BCUT2D eigenvalue weighted by atomic mass is 10.3. The van der Waals surface area contributed by atoms with Gasteiger partial charge in [0.05, 0.1) is 16.3 Å². The SMILES string of the molecule is CC(O)CNC(=O)c1cc2sccc2n1C. The molecule has 0 spiro atoms. The van der Waals surface area contributed by atoms with E-state index in [0.29, 0.717) is 5.69 Å². The Labute approximate surface area is 97.5 Å². The van der Waals surface area contributed by atoms with E-state index in [0.717, 1.165) is 10.2 Å². The van der Waals surface area contributed by atoms with Gasteiger partial charge in [0.2, 0.25) is 0 Å². The van der Waals surface area contributed by atoms with Gasteiger partial charge in [-0.3, -0.25) is 4.79 Å². The van der Waals surface area contributed by atoms with Gasteiger partial charge >= 0.3 is 0 Å². The minimum Gasteiger partial charge on any atom is -0.392 e. The quantitative estimate of drug-likeness (QED) is 0.848. The van der Waals surface area contributed by atoms with Gasteiger partial charge in [-0.1, -0.05) is 0 Å². The largest absolute Gasteiger partial charge is 0.392 e. The van der Waals surface area contributed by atoms with Crippen LogP contribution in [0.1, 0.15) is 17.4 Å². The minimum atomic E-state index is -0.523. The Bertz CT molecular complexity index is 513. The number of rotatable bonds is 3. The van der Waals surface area contributed by atoms with Gasteiger partial charge < -0.3 is 15.0 Å². The van der Waals surface area contributed by atoms with E-state index in [1.54, 1.807) is 18.3 Å². The van der Waals surface area contributed by atoms with Crippen molar-refractivity contribution in [3.05, 3.63) is 23.2 Å². The molecule has 2 heterocycles. The van der Waals surface area contributed by atoms with E-state index in [9.17, 15) is 4.79 Å². The first kappa shape index (κ1) is 11.2. The molecule has 86 valence electrons. The zero-order valence-corrected chi connectivity index (χ0v) is 10.0. The van der Waals surface area contributed by atoms with E-state index < -0.39 is 6.10 Å². The fourth-order valence-corrected chi connectivity index (χ4v) is 2.45. The van der Waals surface area contributed by atoms with Crippen molar-refractivity contribution in [2.75, 3.05) is 6.54 Å². The number of fused-ring (bicyclic) bond motifs is 1. The summed E-state index contributed by atoms with van der Waals surface area (Å²) in [7, 11) is 1.87. The number of aryl methyl sites for hydroxylation is 1. The predicted molar refractivity (Wildman–Crippen MR) is 64.8 cm³/mol. The highest BCUT2D eigenvalue weighted by atomic mass is 32.1. The Balaban J connectivity index is 2.22. The van der Waals surface area contributed by atoms with Gasteiger partial charge in [0, 0.05) is 13.6 Å². The highest BCUT2D eigenvalue weighted by Crippen LogP contribution is 2.23. The number of amides is 1. The van der Waals surface area contributed by atoms with Crippen LogP contribution >= 0.6 is 11.3 Å². The molecule has 2 aromatic heterocycles. The molecule has 2 N–H and O–H groups in total. The molecule has 0 radical (unpaired) electrons. The molecule has 1 atom stereocenters. The van der Waals surface area contributed by atoms with E-state index in [1.807, 2.05) is 29.1 Å². The molecule has 0 bridgehead atoms. The first-order valence-corrected chi connectivity index (χ1v) is 5.96. The number of carbonyl (C=O) groups is 1. The molecular formula is C11H14N2O2S. The van der Waals surface area contributed by atoms with Crippen LogP contribution in [0.3, 0.4) is 0 Å². The normalized spacial score (nSPS) is 12.9. The summed E-state index contributed by atoms with van der Waals surface area (Å²) >= 11 is 1.61. The summed E-state index contributed by atoms with van der Waals surface area (Å²) < 4.78 is 2.97. The average Bonchev–Trinajstić information content (AvgIpc) is 2.78. The van der Waals surface area contributed by atoms with Crippen molar-refractivity contribution >= 4 is 27.5 Å². The lowest BCUT2D eigenvalue weighted by molar-refractivity contribution is 0.0916. The molecule has 2 aromatic rings. The number of aromatic nitrogens is 1. The summed E-state index contributed by atoms with van der Waals surface area (Å²) in [5, 5.41) is 13.8. The Hall–Kier alpha value is -1.33. The van der Waals surface area contributed by atoms with Crippen LogP contribution in [-0.2, 0) is 7.05 Å². The molecule has 0 aromatic carbocycles. The zero-order valence-electron chi connectivity index (χ0n) is 9.23. The van der Waals surface area contributed by atoms with Crippen LogP contribution in [0.4, 0.5) is 0 Å². The van der Waals surface area contributed by atoms with Gasteiger partial charge in [-0.25, -0.2) is 0 Å². The molecule has 0 fully saturated rings. The molecule has 2 rings (SSSR count). The third kappa shape index (κ3) is 1.96. The fraction of sp³-hybridized carbons (Fsp3) is 0.364. The van der Waals surface area contributed by atoms with Crippen LogP contribution in [0.25, 0.3) is 10.2 Å². The smallest absolute Gasteiger partial charge is 0.268 e. The Morgan fingerprint density at radius 2 is 2.44 bits per heavy atom. The molecule has 16 heavy (non-hydrogen) atoms. The second-order valence-electron chi connectivity index (χ2n) is 3.82. The van der Waals surface area contributed by atoms with Crippen molar-refractivity contribution < 1.29 is 9.90 Å². The van der Waals surface area contributed by atoms with Crippen molar-refractivity contribution in [3.8, 4) is 0 Å². The van der Waals surface area contributed by atoms with E-state index in [4.69, 9.17) is 5.11 Å². The van der Waals surface area contributed by atoms with Crippen molar-refractivity contribution in [2.24, 2.45) is 7.05 Å². The molecule has 4 nitrogen and oxygen atoms in total. The topological polar surface area (TPSA) is 54.3 Å². The minimum absolute atomic E-state index is 0.146. The van der Waals surface area contributed by atoms with E-state index >= 15 is 0 Å². The van der Waals surface area contributed by atoms with Crippen LogP contribution in [-0.4, -0.2) is 28.2 Å². The average molecular weight is 238 g/mol. The molecule has 0 saturated heterocycles. The van der Waals surface area contributed by atoms with Gasteiger partial charge in [-0.15, -0.1) is 11.3 Å². The molecule has 0 saturated carbocycles. The molecule has 5 heteroatoms. The summed E-state index contributed by atoms with van der Waals surface area (Å²) in [5.74, 6) is -0.146. The molecule has 0 aliphatic rings. The number of hydrogen-bond donors (Lipinski definition) is 2. The number of nitrogens with zero attached hydrogens (tertiary/aromatic N) is 1. The molecule has 1 amide bonds. The number of aliphatic hydroxyl groups is 1. The van der Waals surface area contributed by atoms with Gasteiger partial charge in [-0.05, 0) is 24.4 Å². The standard InChI is InChI=1S/C11H14N2O2S/c1-7(14)6-12-11(15)9-5-10-8(13(9)2)3-4-16-10/h3-5,7,14H,6H2,1-2H3,(H,12,15). The second kappa shape index (κ2) is 4.27. The first-order valence-electron chi connectivity index (χ1n) is 5.09. The van der Waals surface area contributed by atoms with Crippen molar-refractivity contribution in [2.45, 2.75) is 13.0 Å².